The van der Waals surface area contributed by atoms with Gasteiger partial charge in [0.15, 0.2) is 0 Å². The third-order valence-electron chi connectivity index (χ3n) is 5.29. The molecule has 0 bridgehead atoms. The van der Waals surface area contributed by atoms with Crippen LogP contribution in [0.3, 0.4) is 0 Å². The summed E-state index contributed by atoms with van der Waals surface area (Å²) in [5, 5.41) is 5.41. The van der Waals surface area contributed by atoms with Crippen molar-refractivity contribution < 1.29 is 48.1 Å². The van der Waals surface area contributed by atoms with Crippen molar-refractivity contribution in [3.8, 4) is 11.1 Å². The van der Waals surface area contributed by atoms with Gasteiger partial charge < -0.3 is 24.8 Å². The van der Waals surface area contributed by atoms with Crippen LogP contribution in [0.15, 0.2) is 97.1 Å². The van der Waals surface area contributed by atoms with Gasteiger partial charge in [-0.1, -0.05) is 68.8 Å². The molecule has 0 aliphatic carbocycles. The number of hydrogen-bond donors (Lipinski definition) is 0. The van der Waals surface area contributed by atoms with Gasteiger partial charge in [0.1, 0.15) is 0 Å². The largest absolute Gasteiger partial charge is 1.00 e. The minimum atomic E-state index is 0. The number of rotatable bonds is 2. The summed E-state index contributed by atoms with van der Waals surface area (Å²) in [5.74, 6) is 0.636. The molecular weight excluding hydrogens is 551 g/mol. The van der Waals surface area contributed by atoms with E-state index in [1.54, 1.807) is 23.3 Å². The Morgan fingerprint density at radius 3 is 1.94 bits per heavy atom. The predicted octanol–water partition coefficient (Wildman–Crippen LogP) is 3.01. The Morgan fingerprint density at radius 2 is 1.32 bits per heavy atom. The summed E-state index contributed by atoms with van der Waals surface area (Å²) in [6, 6.07) is 34.6. The molecule has 176 valence electrons. The Hall–Kier alpha value is -1.44. The van der Waals surface area contributed by atoms with E-state index in [4.69, 9.17) is 0 Å². The van der Waals surface area contributed by atoms with E-state index >= 15 is 0 Å². The minimum Gasteiger partial charge on any atom is -1.00 e. The van der Waals surface area contributed by atoms with E-state index in [2.05, 4.69) is 131 Å². The van der Waals surface area contributed by atoms with Gasteiger partial charge in [-0.3, -0.25) is 0 Å². The molecule has 0 spiro atoms. The predicted molar refractivity (Wildman–Crippen MR) is 141 cm³/mol. The number of halogens is 2. The fourth-order valence-electron chi connectivity index (χ4n) is 3.76. The molecule has 0 saturated carbocycles. The average molecular weight is 583 g/mol. The van der Waals surface area contributed by atoms with Crippen molar-refractivity contribution in [2.45, 2.75) is 39.8 Å². The van der Waals surface area contributed by atoms with E-state index in [9.17, 15) is 0 Å². The minimum absolute atomic E-state index is 0. The summed E-state index contributed by atoms with van der Waals surface area (Å²) in [5.41, 5.74) is 5.60. The SMILES string of the molecule is CC(C)c1cc2ccccc2[cH-]1.C[Si](C)=[Zr+2].Cc1cc2c(-c3ccccc3)cccc2[cH-]1.[Cl-].[Cl-]. The van der Waals surface area contributed by atoms with E-state index in [1.807, 2.05) is 0 Å². The summed E-state index contributed by atoms with van der Waals surface area (Å²) < 4.78 is 0. The Bertz CT molecular complexity index is 1260. The monoisotopic (exact) mass is 580 g/mol. The molecule has 0 fully saturated rings. The van der Waals surface area contributed by atoms with Crippen LogP contribution >= 0.6 is 0 Å². The van der Waals surface area contributed by atoms with Gasteiger partial charge in [0, 0.05) is 0 Å². The van der Waals surface area contributed by atoms with Crippen LogP contribution < -0.4 is 24.8 Å². The van der Waals surface area contributed by atoms with Gasteiger partial charge in [-0.25, -0.2) is 0 Å². The smallest absolute Gasteiger partial charge is 0.0279 e. The normalized spacial score (nSPS) is 9.88. The molecule has 5 rings (SSSR count). The average Bonchev–Trinajstić information content (AvgIpc) is 3.37. The fourth-order valence-corrected chi connectivity index (χ4v) is 3.76. The molecule has 0 unspecified atom stereocenters. The van der Waals surface area contributed by atoms with E-state index in [0.29, 0.717) is 5.92 Å². The molecule has 5 aromatic rings. The molecule has 0 N–H and O–H groups in total. The summed E-state index contributed by atoms with van der Waals surface area (Å²) in [6.45, 7) is 11.2. The first kappa shape index (κ1) is 30.6. The Kier molecular flexibility index (Phi) is 13.4. The topological polar surface area (TPSA) is 0 Å². The second-order valence-corrected chi connectivity index (χ2v) is 18.2. The molecule has 0 radical (unpaired) electrons. The molecule has 0 amide bonds. The summed E-state index contributed by atoms with van der Waals surface area (Å²) >= 11 is 1.74. The Morgan fingerprint density at radius 1 is 0.735 bits per heavy atom. The van der Waals surface area contributed by atoms with Crippen molar-refractivity contribution in [1.29, 1.82) is 0 Å². The first-order chi connectivity index (χ1) is 15.3. The van der Waals surface area contributed by atoms with Gasteiger partial charge in [-0.15, -0.1) is 75.1 Å². The maximum atomic E-state index is 2.31. The summed E-state index contributed by atoms with van der Waals surface area (Å²) in [6.07, 6.45) is 0. The zero-order valence-electron chi connectivity index (χ0n) is 20.6. The maximum absolute atomic E-state index is 2.31. The van der Waals surface area contributed by atoms with Crippen molar-refractivity contribution >= 4 is 27.0 Å². The van der Waals surface area contributed by atoms with Crippen molar-refractivity contribution in [2.75, 3.05) is 0 Å². The van der Waals surface area contributed by atoms with Crippen LogP contribution in [0.25, 0.3) is 32.7 Å². The van der Waals surface area contributed by atoms with Crippen LogP contribution in [0.2, 0.25) is 13.1 Å². The summed E-state index contributed by atoms with van der Waals surface area (Å²) in [7, 11) is 0. The number of aryl methyl sites for hydroxylation is 1. The first-order valence-electron chi connectivity index (χ1n) is 11.2. The molecule has 34 heavy (non-hydrogen) atoms. The van der Waals surface area contributed by atoms with Gasteiger partial charge in [0.25, 0.3) is 0 Å². The van der Waals surface area contributed by atoms with Crippen LogP contribution in [0.4, 0.5) is 0 Å². The van der Waals surface area contributed by atoms with E-state index in [1.165, 1.54) is 43.8 Å². The number of hydrogen-bond acceptors (Lipinski definition) is 0. The molecule has 0 atom stereocenters. The quantitative estimate of drug-likeness (QED) is 0.222. The van der Waals surface area contributed by atoms with Crippen molar-refractivity contribution in [3.05, 3.63) is 108 Å². The van der Waals surface area contributed by atoms with Gasteiger partial charge >= 0.3 is 41.9 Å². The summed E-state index contributed by atoms with van der Waals surface area (Å²) in [4.78, 5) is 0. The molecule has 5 aromatic carbocycles. The van der Waals surface area contributed by atoms with Crippen LogP contribution in [0.1, 0.15) is 30.9 Å². The van der Waals surface area contributed by atoms with Crippen LogP contribution in [0.5, 0.6) is 0 Å². The zero-order valence-corrected chi connectivity index (χ0v) is 25.5. The Balaban J connectivity index is 0.000000287. The van der Waals surface area contributed by atoms with Crippen LogP contribution in [0, 0.1) is 6.92 Å². The third-order valence-corrected chi connectivity index (χ3v) is 5.29. The van der Waals surface area contributed by atoms with Gasteiger partial charge in [0.2, 0.25) is 0 Å². The van der Waals surface area contributed by atoms with Crippen molar-refractivity contribution in [1.82, 2.24) is 0 Å². The van der Waals surface area contributed by atoms with Crippen molar-refractivity contribution in [2.24, 2.45) is 0 Å². The second-order valence-electron chi connectivity index (χ2n) is 8.78. The van der Waals surface area contributed by atoms with Crippen LogP contribution in [-0.2, 0) is 23.3 Å². The van der Waals surface area contributed by atoms with E-state index in [0.717, 1.165) is 0 Å². The number of fused-ring (bicyclic) bond motifs is 2. The van der Waals surface area contributed by atoms with Crippen LogP contribution in [-0.4, -0.2) is 5.43 Å². The zero-order chi connectivity index (χ0) is 23.1. The van der Waals surface area contributed by atoms with Gasteiger partial charge in [-0.05, 0) is 11.5 Å². The fraction of sp³-hybridized carbons (Fsp3) is 0.200. The Labute approximate surface area is 232 Å². The number of benzene rings is 3. The molecule has 0 aliphatic rings. The van der Waals surface area contributed by atoms with E-state index < -0.39 is 0 Å². The molecule has 0 heterocycles. The van der Waals surface area contributed by atoms with Gasteiger partial charge in [-0.2, -0.15) is 12.1 Å². The first-order valence-corrected chi connectivity index (χ1v) is 17.4. The standard InChI is InChI=1S/C16H13.C12H13.C2H6Si.2ClH.Zr/c1-12-10-14-8-5-9-15(16(14)11-12)13-6-3-2-4-7-13;1-9(2)12-7-10-5-3-4-6-11(10)8-12;1-3-2;;;/h2-11H,1H3;3-9H,1-2H3;1-2H3;2*1H;/q2*-1;;;;+2/p-2. The van der Waals surface area contributed by atoms with E-state index in [-0.39, 0.29) is 30.2 Å². The maximum Gasteiger partial charge on any atom is -0.0279 e. The van der Waals surface area contributed by atoms with Gasteiger partial charge in [0.05, 0.1) is 0 Å². The molecule has 0 saturated heterocycles. The second kappa shape index (κ2) is 14.8. The molecular formula is C30H32Cl2SiZr-2. The molecule has 4 heteroatoms. The van der Waals surface area contributed by atoms with Crippen molar-refractivity contribution in [3.63, 3.8) is 0 Å². The third kappa shape index (κ3) is 8.65. The molecule has 0 aliphatic heterocycles. The molecule has 0 nitrogen and oxygen atoms in total. The molecule has 0 aromatic heterocycles.